The fraction of sp³-hybridized carbons (Fsp3) is 0.875. The van der Waals surface area contributed by atoms with Gasteiger partial charge in [-0.15, -0.1) is 0 Å². The zero-order valence-electron chi connectivity index (χ0n) is 36.7. The van der Waals surface area contributed by atoms with Gasteiger partial charge in [-0.2, -0.15) is 0 Å². The van der Waals surface area contributed by atoms with Gasteiger partial charge in [-0.25, -0.2) is 4.79 Å². The third-order valence-electron chi connectivity index (χ3n) is 13.6. The molecule has 60 heavy (non-hydrogen) atoms. The first-order chi connectivity index (χ1) is 27.4. The molecule has 20 heteroatoms. The second-order valence-corrected chi connectivity index (χ2v) is 17.9. The highest BCUT2D eigenvalue weighted by atomic mass is 16.7. The van der Waals surface area contributed by atoms with E-state index < -0.39 is 149 Å². The number of aliphatic hydroxyl groups is 5. The summed E-state index contributed by atoms with van der Waals surface area (Å²) < 4.78 is 35.8. The fourth-order valence-corrected chi connectivity index (χ4v) is 9.54. The van der Waals surface area contributed by atoms with Gasteiger partial charge in [0.1, 0.15) is 35.3 Å². The summed E-state index contributed by atoms with van der Waals surface area (Å²) in [5.41, 5.74) is -14.1. The Labute approximate surface area is 350 Å². The van der Waals surface area contributed by atoms with E-state index in [4.69, 9.17) is 28.4 Å². The zero-order valence-corrected chi connectivity index (χ0v) is 36.7. The van der Waals surface area contributed by atoms with Crippen LogP contribution >= 0.6 is 0 Å². The van der Waals surface area contributed by atoms with Gasteiger partial charge in [-0.05, 0) is 68.5 Å². The number of cyclic esters (lactones) is 1. The first-order valence-corrected chi connectivity index (χ1v) is 20.2. The minimum Gasteiger partial charge on any atom is -0.481 e. The van der Waals surface area contributed by atoms with E-state index in [0.717, 1.165) is 27.7 Å². The van der Waals surface area contributed by atoms with Crippen LogP contribution in [0.1, 0.15) is 88.5 Å². The number of methoxy groups -OCH3 is 1. The second-order valence-electron chi connectivity index (χ2n) is 17.9. The number of aliphatic hydroxyl groups excluding tert-OH is 3. The molecule has 0 spiro atoms. The highest BCUT2D eigenvalue weighted by molar-refractivity contribution is 6.06. The van der Waals surface area contributed by atoms with Crippen LogP contribution in [0.5, 0.6) is 0 Å². The Morgan fingerprint density at radius 2 is 1.42 bits per heavy atom. The number of carbonyl (C=O) groups is 5. The first-order valence-electron chi connectivity index (χ1n) is 20.2. The number of rotatable bonds is 10. The molecular formula is C40H67NO19. The molecule has 0 aliphatic carbocycles. The number of nitrogens with zero attached hydrogens (tertiary/aromatic N) is 1. The highest BCUT2D eigenvalue weighted by Crippen LogP contribution is 2.51. The van der Waals surface area contributed by atoms with Crippen LogP contribution in [0, 0.1) is 29.1 Å². The fourth-order valence-electron chi connectivity index (χ4n) is 9.54. The molecule has 3 unspecified atom stereocenters. The lowest BCUT2D eigenvalue weighted by molar-refractivity contribution is -0.342. The van der Waals surface area contributed by atoms with Crippen molar-refractivity contribution in [2.75, 3.05) is 21.2 Å². The van der Waals surface area contributed by atoms with Crippen molar-refractivity contribution in [3.8, 4) is 0 Å². The van der Waals surface area contributed by atoms with E-state index in [9.17, 15) is 64.8 Å². The van der Waals surface area contributed by atoms with Gasteiger partial charge in [-0.1, -0.05) is 27.7 Å². The Balaban J connectivity index is 2.60. The summed E-state index contributed by atoms with van der Waals surface area (Å²) in [6.45, 7) is 11.7. The van der Waals surface area contributed by atoms with E-state index in [1.807, 2.05) is 0 Å². The Morgan fingerprint density at radius 1 is 0.850 bits per heavy atom. The molecule has 3 aliphatic heterocycles. The van der Waals surface area contributed by atoms with Gasteiger partial charge < -0.3 is 74.2 Å². The predicted molar refractivity (Wildman–Crippen MR) is 206 cm³/mol. The van der Waals surface area contributed by atoms with Gasteiger partial charge in [0.05, 0.1) is 35.9 Å². The molecule has 0 amide bonds. The molecule has 3 heterocycles. The number of hydrogen-bond donors (Lipinski definition) is 8. The van der Waals surface area contributed by atoms with Crippen molar-refractivity contribution in [3.05, 3.63) is 0 Å². The average Bonchev–Trinajstić information content (AvgIpc) is 3.15. The van der Waals surface area contributed by atoms with Crippen molar-refractivity contribution < 1.29 is 93.2 Å². The number of ketones is 1. The van der Waals surface area contributed by atoms with Crippen LogP contribution in [0.4, 0.5) is 0 Å². The van der Waals surface area contributed by atoms with Crippen LogP contribution in [0.25, 0.3) is 0 Å². The normalized spacial score (nSPS) is 47.6. The van der Waals surface area contributed by atoms with Crippen molar-refractivity contribution in [3.63, 3.8) is 0 Å². The van der Waals surface area contributed by atoms with Crippen LogP contribution in [0.3, 0.4) is 0 Å². The third-order valence-corrected chi connectivity index (χ3v) is 13.6. The summed E-state index contributed by atoms with van der Waals surface area (Å²) in [6, 6.07) is -0.690. The molecule has 8 N–H and O–H groups in total. The maximum absolute atomic E-state index is 14.8. The summed E-state index contributed by atoms with van der Waals surface area (Å²) >= 11 is 0. The number of aliphatic carboxylic acids is 3. The lowest BCUT2D eigenvalue weighted by Gasteiger charge is -2.54. The second kappa shape index (κ2) is 18.4. The van der Waals surface area contributed by atoms with Gasteiger partial charge in [0, 0.05) is 37.3 Å². The largest absolute Gasteiger partial charge is 0.481 e. The lowest BCUT2D eigenvalue weighted by Crippen LogP contribution is -2.73. The van der Waals surface area contributed by atoms with E-state index in [-0.39, 0.29) is 12.8 Å². The number of carbonyl (C=O) groups excluding carboxylic acids is 2. The van der Waals surface area contributed by atoms with Crippen LogP contribution in [-0.2, 0) is 52.4 Å². The monoisotopic (exact) mass is 865 g/mol. The van der Waals surface area contributed by atoms with E-state index in [2.05, 4.69) is 0 Å². The molecule has 0 aromatic heterocycles. The minimum absolute atomic E-state index is 0.253. The number of ether oxygens (including phenoxy) is 6. The smallest absolute Gasteiger partial charge is 0.338 e. The number of likely N-dealkylation sites (N-methyl/N-ethyl adjacent to an activating group) is 1. The molecule has 346 valence electrons. The van der Waals surface area contributed by atoms with Crippen molar-refractivity contribution in [1.29, 1.82) is 0 Å². The zero-order chi connectivity index (χ0) is 46.4. The van der Waals surface area contributed by atoms with Crippen LogP contribution in [0.2, 0.25) is 0 Å². The van der Waals surface area contributed by atoms with E-state index in [1.165, 1.54) is 34.8 Å². The van der Waals surface area contributed by atoms with Crippen LogP contribution in [0.15, 0.2) is 0 Å². The van der Waals surface area contributed by atoms with Gasteiger partial charge >= 0.3 is 23.9 Å². The van der Waals surface area contributed by atoms with Gasteiger partial charge in [0.25, 0.3) is 0 Å². The Bertz CT molecular complexity index is 1590. The molecule has 0 aromatic rings. The highest BCUT2D eigenvalue weighted by Gasteiger charge is 2.73. The molecule has 0 bridgehead atoms. The lowest BCUT2D eigenvalue weighted by atomic mass is 9.60. The molecule has 3 aliphatic rings. The summed E-state index contributed by atoms with van der Waals surface area (Å²) in [6.07, 6.45) is -15.2. The summed E-state index contributed by atoms with van der Waals surface area (Å²) in [7, 11) is 4.54. The number of Topliss-reactive ketones (excluding diaryl/α,β-unsaturated/α-hetero) is 1. The number of carboxylic acid groups (broad SMARTS) is 3. The van der Waals surface area contributed by atoms with E-state index in [0.29, 0.717) is 6.92 Å². The summed E-state index contributed by atoms with van der Waals surface area (Å²) in [4.78, 5) is 72.2. The molecule has 0 aromatic carbocycles. The van der Waals surface area contributed by atoms with Crippen molar-refractivity contribution >= 4 is 29.7 Å². The maximum atomic E-state index is 14.8. The van der Waals surface area contributed by atoms with Crippen LogP contribution < -0.4 is 0 Å². The molecule has 19 atom stereocenters. The number of carboxylic acids is 3. The molecule has 0 saturated carbocycles. The quantitative estimate of drug-likeness (QED) is 0.106. The van der Waals surface area contributed by atoms with E-state index in [1.54, 1.807) is 25.9 Å². The molecule has 0 radical (unpaired) electrons. The van der Waals surface area contributed by atoms with Gasteiger partial charge in [-0.3, -0.25) is 19.2 Å². The standard InChI is InChI=1S/C40H67NO19/c1-14-23-38(9,53)28(44)19(4)26(42)18(3)25(31(46)47)39(10,54)30(59-32-27(43)22(41(11)12)15-17(2)56-32)20(5)40(34(50)51,37(8,33(48)49)35(52)58-23)60-24-16-36(7,55-13)29(45)21(6)57-24/h17-25,27-30,32,43-45,53-54H,14-16H2,1-13H3,(H,46,47)(H,48,49)(H,50,51)/t17-,18+,19-,20+,21-,22+,23+,24?,25?,27-,28+,29-,30+,32?,36+,37+,38+,39+,40+/m0/s1. The minimum atomic E-state index is -3.56. The molecule has 3 fully saturated rings. The molecule has 20 nitrogen and oxygen atoms in total. The Kier molecular flexibility index (Phi) is 15.8. The number of esters is 1. The first kappa shape index (κ1) is 51.5. The Morgan fingerprint density at radius 3 is 1.88 bits per heavy atom. The third kappa shape index (κ3) is 8.84. The summed E-state index contributed by atoms with van der Waals surface area (Å²) in [5.74, 6) is -16.9. The number of hydrogen-bond acceptors (Lipinski definition) is 17. The summed E-state index contributed by atoms with van der Waals surface area (Å²) in [5, 5.41) is 92.3. The average molecular weight is 866 g/mol. The Hall–Kier alpha value is -2.89. The van der Waals surface area contributed by atoms with E-state index >= 15 is 0 Å². The van der Waals surface area contributed by atoms with Crippen molar-refractivity contribution in [2.45, 2.75) is 172 Å². The van der Waals surface area contributed by atoms with Gasteiger partial charge in [0.2, 0.25) is 5.41 Å². The molecule has 3 saturated heterocycles. The molecular weight excluding hydrogens is 798 g/mol. The van der Waals surface area contributed by atoms with Crippen molar-refractivity contribution in [2.24, 2.45) is 29.1 Å². The molecule has 3 rings (SSSR count). The topological polar surface area (TPSA) is 306 Å². The predicted octanol–water partition coefficient (Wildman–Crippen LogP) is 0.00590. The van der Waals surface area contributed by atoms with Gasteiger partial charge in [0.15, 0.2) is 18.2 Å². The van der Waals surface area contributed by atoms with Crippen molar-refractivity contribution in [1.82, 2.24) is 4.90 Å². The SMILES string of the molecule is CC[C@H]1OC(=O)[C@@](C)(C(=O)O)[C@](OC2C[C@@](C)(OC)[C@@H](O)[C@H](C)O2)(C(=O)O)[C@H](C)[C@@H](OC2O[C@@H](C)C[C@@H](N(C)C)[C@@H]2O)[C@](C)(O)C(C(=O)O)[C@@H](C)C(=O)[C@H](C)[C@@H](O)[C@]1(C)O. The van der Waals surface area contributed by atoms with Crippen LogP contribution in [-0.4, -0.2) is 180 Å². The maximum Gasteiger partial charge on any atom is 0.338 e.